The normalized spacial score (nSPS) is 10.6. The van der Waals surface area contributed by atoms with E-state index in [2.05, 4.69) is 10.4 Å². The Labute approximate surface area is 105 Å². The van der Waals surface area contributed by atoms with Crippen molar-refractivity contribution in [3.05, 3.63) is 35.5 Å². The Hall–Kier alpha value is -2.24. The van der Waals surface area contributed by atoms with Crippen molar-refractivity contribution in [1.29, 1.82) is 0 Å². The number of nitrogen functional groups attached to an aromatic ring is 1. The number of amides is 1. The fraction of sp³-hybridized carbons (Fsp3) is 0.333. The Balaban J connectivity index is 2.05. The van der Waals surface area contributed by atoms with Crippen molar-refractivity contribution in [3.8, 4) is 0 Å². The van der Waals surface area contributed by atoms with Crippen LogP contribution in [0.25, 0.3) is 0 Å². The number of rotatable bonds is 4. The first-order valence-electron chi connectivity index (χ1n) is 5.76. The highest BCUT2D eigenvalue weighted by molar-refractivity contribution is 5.97. The monoisotopic (exact) mass is 248 g/mol. The van der Waals surface area contributed by atoms with Crippen LogP contribution in [0.1, 0.15) is 28.9 Å². The van der Waals surface area contributed by atoms with E-state index < -0.39 is 0 Å². The van der Waals surface area contributed by atoms with E-state index in [1.54, 1.807) is 4.68 Å². The predicted octanol–water partition coefficient (Wildman–Crippen LogP) is 1.32. The topological polar surface area (TPSA) is 86.1 Å². The average Bonchev–Trinajstić information content (AvgIpc) is 2.92. The summed E-state index contributed by atoms with van der Waals surface area (Å²) in [6.07, 6.45) is 1.48. The molecule has 0 atom stereocenters. The van der Waals surface area contributed by atoms with Crippen molar-refractivity contribution in [1.82, 2.24) is 15.1 Å². The summed E-state index contributed by atoms with van der Waals surface area (Å²) in [5, 5.41) is 6.78. The SMILES string of the molecule is CCn1ncc(N)c1C(=O)NCc1ccc(C)o1. The van der Waals surface area contributed by atoms with Crippen LogP contribution in [0.4, 0.5) is 5.69 Å². The lowest BCUT2D eigenvalue weighted by Crippen LogP contribution is -2.26. The van der Waals surface area contributed by atoms with E-state index in [-0.39, 0.29) is 5.91 Å². The molecule has 6 nitrogen and oxygen atoms in total. The van der Waals surface area contributed by atoms with E-state index in [9.17, 15) is 4.79 Å². The number of hydrogen-bond donors (Lipinski definition) is 2. The van der Waals surface area contributed by atoms with Crippen molar-refractivity contribution in [3.63, 3.8) is 0 Å². The van der Waals surface area contributed by atoms with Crippen LogP contribution in [-0.4, -0.2) is 15.7 Å². The van der Waals surface area contributed by atoms with E-state index in [4.69, 9.17) is 10.2 Å². The fourth-order valence-corrected chi connectivity index (χ4v) is 1.72. The van der Waals surface area contributed by atoms with Gasteiger partial charge in [-0.1, -0.05) is 0 Å². The molecule has 0 aliphatic heterocycles. The van der Waals surface area contributed by atoms with Crippen LogP contribution in [-0.2, 0) is 13.1 Å². The molecule has 0 saturated heterocycles. The number of aryl methyl sites for hydroxylation is 2. The summed E-state index contributed by atoms with van der Waals surface area (Å²) < 4.78 is 6.94. The fourth-order valence-electron chi connectivity index (χ4n) is 1.72. The quantitative estimate of drug-likeness (QED) is 0.854. The van der Waals surface area contributed by atoms with Crippen LogP contribution in [0.2, 0.25) is 0 Å². The summed E-state index contributed by atoms with van der Waals surface area (Å²) in [7, 11) is 0. The van der Waals surface area contributed by atoms with Gasteiger partial charge in [0.15, 0.2) is 0 Å². The van der Waals surface area contributed by atoms with E-state index in [0.717, 1.165) is 5.76 Å². The van der Waals surface area contributed by atoms with Gasteiger partial charge in [-0.05, 0) is 26.0 Å². The molecule has 2 rings (SSSR count). The molecule has 0 saturated carbocycles. The summed E-state index contributed by atoms with van der Waals surface area (Å²) in [6.45, 7) is 4.69. The Bertz CT molecular complexity index is 556. The van der Waals surface area contributed by atoms with Gasteiger partial charge in [0.25, 0.3) is 5.91 Å². The molecule has 0 aliphatic carbocycles. The smallest absolute Gasteiger partial charge is 0.272 e. The van der Waals surface area contributed by atoms with Crippen LogP contribution in [0.3, 0.4) is 0 Å². The number of furan rings is 1. The van der Waals surface area contributed by atoms with Gasteiger partial charge in [-0.25, -0.2) is 0 Å². The summed E-state index contributed by atoms with van der Waals surface area (Å²) in [5.74, 6) is 1.28. The molecule has 0 spiro atoms. The molecule has 2 aromatic heterocycles. The van der Waals surface area contributed by atoms with Crippen molar-refractivity contribution >= 4 is 11.6 Å². The van der Waals surface area contributed by atoms with Crippen LogP contribution in [0.5, 0.6) is 0 Å². The van der Waals surface area contributed by atoms with Gasteiger partial charge in [-0.2, -0.15) is 5.10 Å². The van der Waals surface area contributed by atoms with Gasteiger partial charge in [0.2, 0.25) is 0 Å². The minimum atomic E-state index is -0.249. The van der Waals surface area contributed by atoms with Gasteiger partial charge in [0.1, 0.15) is 17.2 Å². The molecular weight excluding hydrogens is 232 g/mol. The van der Waals surface area contributed by atoms with Crippen molar-refractivity contribution in [2.45, 2.75) is 26.9 Å². The zero-order chi connectivity index (χ0) is 13.1. The standard InChI is InChI=1S/C12H16N4O2/c1-3-16-11(10(13)7-15-16)12(17)14-6-9-5-4-8(2)18-9/h4-5,7H,3,6,13H2,1-2H3,(H,14,17). The average molecular weight is 248 g/mol. The zero-order valence-electron chi connectivity index (χ0n) is 10.4. The molecular formula is C12H16N4O2. The zero-order valence-corrected chi connectivity index (χ0v) is 10.4. The number of carbonyl (C=O) groups is 1. The van der Waals surface area contributed by atoms with Crippen LogP contribution >= 0.6 is 0 Å². The number of nitrogens with two attached hydrogens (primary N) is 1. The van der Waals surface area contributed by atoms with E-state index in [1.807, 2.05) is 26.0 Å². The Morgan fingerprint density at radius 3 is 2.94 bits per heavy atom. The maximum absolute atomic E-state index is 12.0. The molecule has 2 aromatic rings. The van der Waals surface area contributed by atoms with Gasteiger partial charge < -0.3 is 15.5 Å². The third-order valence-corrected chi connectivity index (χ3v) is 2.60. The first-order chi connectivity index (χ1) is 8.61. The van der Waals surface area contributed by atoms with Gasteiger partial charge in [-0.15, -0.1) is 0 Å². The largest absolute Gasteiger partial charge is 0.465 e. The highest BCUT2D eigenvalue weighted by atomic mass is 16.3. The highest BCUT2D eigenvalue weighted by Gasteiger charge is 2.16. The lowest BCUT2D eigenvalue weighted by molar-refractivity contribution is 0.0938. The second-order valence-electron chi connectivity index (χ2n) is 3.96. The van der Waals surface area contributed by atoms with E-state index in [1.165, 1.54) is 6.20 Å². The third kappa shape index (κ3) is 2.37. The molecule has 6 heteroatoms. The molecule has 0 unspecified atom stereocenters. The highest BCUT2D eigenvalue weighted by Crippen LogP contribution is 2.11. The van der Waals surface area contributed by atoms with Gasteiger partial charge in [0, 0.05) is 6.54 Å². The minimum Gasteiger partial charge on any atom is -0.465 e. The summed E-state index contributed by atoms with van der Waals surface area (Å²) in [5.41, 5.74) is 6.49. The molecule has 96 valence electrons. The van der Waals surface area contributed by atoms with Crippen molar-refractivity contribution < 1.29 is 9.21 Å². The van der Waals surface area contributed by atoms with E-state index in [0.29, 0.717) is 30.2 Å². The molecule has 3 N–H and O–H groups in total. The summed E-state index contributed by atoms with van der Waals surface area (Å²) in [4.78, 5) is 12.0. The molecule has 0 radical (unpaired) electrons. The lowest BCUT2D eigenvalue weighted by atomic mass is 10.3. The second-order valence-corrected chi connectivity index (χ2v) is 3.96. The molecule has 0 fully saturated rings. The first kappa shape index (κ1) is 12.2. The molecule has 0 aromatic carbocycles. The maximum atomic E-state index is 12.0. The van der Waals surface area contributed by atoms with Crippen LogP contribution in [0.15, 0.2) is 22.7 Å². The van der Waals surface area contributed by atoms with E-state index >= 15 is 0 Å². The lowest BCUT2D eigenvalue weighted by Gasteiger charge is -2.06. The van der Waals surface area contributed by atoms with Crippen LogP contribution in [0, 0.1) is 6.92 Å². The molecule has 0 aliphatic rings. The summed E-state index contributed by atoms with van der Waals surface area (Å²) >= 11 is 0. The first-order valence-corrected chi connectivity index (χ1v) is 5.76. The number of nitrogens with zero attached hydrogens (tertiary/aromatic N) is 2. The number of aromatic nitrogens is 2. The van der Waals surface area contributed by atoms with Crippen molar-refractivity contribution in [2.24, 2.45) is 0 Å². The minimum absolute atomic E-state index is 0.249. The third-order valence-electron chi connectivity index (χ3n) is 2.60. The summed E-state index contributed by atoms with van der Waals surface area (Å²) in [6, 6.07) is 3.68. The maximum Gasteiger partial charge on any atom is 0.272 e. The Morgan fingerprint density at radius 1 is 1.56 bits per heavy atom. The molecule has 18 heavy (non-hydrogen) atoms. The number of nitrogens with one attached hydrogen (secondary N) is 1. The number of hydrogen-bond acceptors (Lipinski definition) is 4. The molecule has 0 bridgehead atoms. The Kier molecular flexibility index (Phi) is 3.36. The van der Waals surface area contributed by atoms with Gasteiger partial charge in [-0.3, -0.25) is 9.48 Å². The van der Waals surface area contributed by atoms with Gasteiger partial charge in [0.05, 0.1) is 18.4 Å². The van der Waals surface area contributed by atoms with Crippen molar-refractivity contribution in [2.75, 3.05) is 5.73 Å². The Morgan fingerprint density at radius 2 is 2.33 bits per heavy atom. The second kappa shape index (κ2) is 4.95. The predicted molar refractivity (Wildman–Crippen MR) is 66.9 cm³/mol. The molecule has 2 heterocycles. The number of anilines is 1. The van der Waals surface area contributed by atoms with Crippen LogP contribution < -0.4 is 11.1 Å². The molecule has 1 amide bonds. The van der Waals surface area contributed by atoms with Gasteiger partial charge >= 0.3 is 0 Å². The number of carbonyl (C=O) groups excluding carboxylic acids is 1.